The van der Waals surface area contributed by atoms with Gasteiger partial charge in [0.1, 0.15) is 0 Å². The minimum Gasteiger partial charge on any atom is -0.304 e. The van der Waals surface area contributed by atoms with Gasteiger partial charge < -0.3 is 5.32 Å². The van der Waals surface area contributed by atoms with Crippen LogP contribution in [-0.4, -0.2) is 21.2 Å². The fraction of sp³-hybridized carbons (Fsp3) is 0.562. The quantitative estimate of drug-likeness (QED) is 0.872. The highest BCUT2D eigenvalue weighted by atomic mass is 35.5. The van der Waals surface area contributed by atoms with Gasteiger partial charge in [0.15, 0.2) is 0 Å². The normalized spacial score (nSPS) is 18.5. The molecule has 4 heteroatoms. The lowest BCUT2D eigenvalue weighted by Crippen LogP contribution is -2.48. The van der Waals surface area contributed by atoms with E-state index in [1.165, 1.54) is 43.0 Å². The van der Waals surface area contributed by atoms with Crippen molar-refractivity contribution in [3.05, 3.63) is 30.0 Å². The number of hydrogen-bond acceptors (Lipinski definition) is 2. The van der Waals surface area contributed by atoms with Crippen LogP contribution in [0.3, 0.4) is 0 Å². The van der Waals surface area contributed by atoms with Gasteiger partial charge in [-0.15, -0.1) is 11.6 Å². The summed E-state index contributed by atoms with van der Waals surface area (Å²) in [5.41, 5.74) is 2.42. The Morgan fingerprint density at radius 1 is 1.25 bits per heavy atom. The number of aryl methyl sites for hydroxylation is 1. The molecular formula is C16H22ClN3. The smallest absolute Gasteiger partial charge is 0.0841 e. The summed E-state index contributed by atoms with van der Waals surface area (Å²) in [4.78, 5) is 0. The number of hydrogen-bond donors (Lipinski definition) is 1. The van der Waals surface area contributed by atoms with Gasteiger partial charge >= 0.3 is 0 Å². The summed E-state index contributed by atoms with van der Waals surface area (Å²) in [6.45, 7) is 0.800. The molecule has 108 valence electrons. The van der Waals surface area contributed by atoms with Crippen LogP contribution in [0.1, 0.15) is 37.8 Å². The minimum atomic E-state index is 0.110. The van der Waals surface area contributed by atoms with Gasteiger partial charge in [-0.1, -0.05) is 37.5 Å². The topological polar surface area (TPSA) is 29.9 Å². The molecule has 1 aromatic heterocycles. The van der Waals surface area contributed by atoms with Crippen LogP contribution in [0.25, 0.3) is 10.9 Å². The molecule has 1 heterocycles. The van der Waals surface area contributed by atoms with Crippen LogP contribution in [0, 0.1) is 0 Å². The Kier molecular flexibility index (Phi) is 3.99. The second-order valence-electron chi connectivity index (χ2n) is 5.92. The van der Waals surface area contributed by atoms with Crippen molar-refractivity contribution in [3.8, 4) is 0 Å². The number of fused-ring (bicyclic) bond motifs is 1. The van der Waals surface area contributed by atoms with Gasteiger partial charge in [0.25, 0.3) is 0 Å². The number of aromatic nitrogens is 2. The lowest BCUT2D eigenvalue weighted by atomic mass is 9.83. The second kappa shape index (κ2) is 5.74. The SMILES string of the molecule is Cn1nc(CNC2(CCl)CCCCC2)c2ccccc21. The van der Waals surface area contributed by atoms with Crippen LogP contribution < -0.4 is 5.32 Å². The Bertz CT molecular complexity index is 584. The molecule has 1 fully saturated rings. The minimum absolute atomic E-state index is 0.110. The molecule has 1 N–H and O–H groups in total. The second-order valence-corrected chi connectivity index (χ2v) is 6.18. The van der Waals surface area contributed by atoms with E-state index < -0.39 is 0 Å². The first-order valence-electron chi connectivity index (χ1n) is 7.46. The Morgan fingerprint density at radius 2 is 2.00 bits per heavy atom. The van der Waals surface area contributed by atoms with E-state index in [9.17, 15) is 0 Å². The molecule has 0 aliphatic heterocycles. The molecule has 1 aromatic carbocycles. The highest BCUT2D eigenvalue weighted by Gasteiger charge is 2.30. The van der Waals surface area contributed by atoms with Gasteiger partial charge in [-0.05, 0) is 18.9 Å². The molecule has 0 unspecified atom stereocenters. The third kappa shape index (κ3) is 2.57. The van der Waals surface area contributed by atoms with Crippen LogP contribution in [0.4, 0.5) is 0 Å². The number of halogens is 1. The molecule has 20 heavy (non-hydrogen) atoms. The van der Waals surface area contributed by atoms with Crippen LogP contribution in [0.5, 0.6) is 0 Å². The van der Waals surface area contributed by atoms with E-state index in [0.717, 1.165) is 12.2 Å². The van der Waals surface area contributed by atoms with Crippen molar-refractivity contribution in [2.45, 2.75) is 44.2 Å². The number of nitrogens with one attached hydrogen (secondary N) is 1. The van der Waals surface area contributed by atoms with Crippen LogP contribution >= 0.6 is 11.6 Å². The maximum atomic E-state index is 6.24. The lowest BCUT2D eigenvalue weighted by molar-refractivity contribution is 0.255. The monoisotopic (exact) mass is 291 g/mol. The Balaban J connectivity index is 1.79. The molecular weight excluding hydrogens is 270 g/mol. The summed E-state index contributed by atoms with van der Waals surface area (Å²) in [5, 5.41) is 9.59. The van der Waals surface area contributed by atoms with Gasteiger partial charge in [-0.25, -0.2) is 0 Å². The van der Waals surface area contributed by atoms with Crippen molar-refractivity contribution < 1.29 is 0 Å². The molecule has 0 bridgehead atoms. The molecule has 3 nitrogen and oxygen atoms in total. The zero-order valence-electron chi connectivity index (χ0n) is 12.0. The number of rotatable bonds is 4. The fourth-order valence-corrected chi connectivity index (χ4v) is 3.64. The predicted octanol–water partition coefficient (Wildman–Crippen LogP) is 3.60. The van der Waals surface area contributed by atoms with Crippen molar-refractivity contribution in [2.24, 2.45) is 7.05 Å². The summed E-state index contributed by atoms with van der Waals surface area (Å²) in [6, 6.07) is 8.39. The first-order valence-corrected chi connectivity index (χ1v) is 7.99. The molecule has 0 spiro atoms. The highest BCUT2D eigenvalue weighted by molar-refractivity contribution is 6.18. The van der Waals surface area contributed by atoms with E-state index in [1.54, 1.807) is 0 Å². The van der Waals surface area contributed by atoms with E-state index in [0.29, 0.717) is 5.88 Å². The van der Waals surface area contributed by atoms with Gasteiger partial charge in [-0.3, -0.25) is 4.68 Å². The maximum Gasteiger partial charge on any atom is 0.0841 e. The first kappa shape index (κ1) is 13.9. The van der Waals surface area contributed by atoms with Crippen molar-refractivity contribution in [3.63, 3.8) is 0 Å². The van der Waals surface area contributed by atoms with E-state index in [4.69, 9.17) is 11.6 Å². The molecule has 1 aliphatic carbocycles. The zero-order valence-corrected chi connectivity index (χ0v) is 12.8. The van der Waals surface area contributed by atoms with Crippen molar-refractivity contribution in [1.82, 2.24) is 15.1 Å². The van der Waals surface area contributed by atoms with Gasteiger partial charge in [-0.2, -0.15) is 5.10 Å². The van der Waals surface area contributed by atoms with E-state index in [2.05, 4.69) is 34.7 Å². The summed E-state index contributed by atoms with van der Waals surface area (Å²) in [7, 11) is 2.00. The maximum absolute atomic E-state index is 6.24. The van der Waals surface area contributed by atoms with Crippen molar-refractivity contribution in [2.75, 3.05) is 5.88 Å². The van der Waals surface area contributed by atoms with Crippen LogP contribution in [0.2, 0.25) is 0 Å². The third-order valence-electron chi connectivity index (χ3n) is 4.53. The van der Waals surface area contributed by atoms with Gasteiger partial charge in [0.2, 0.25) is 0 Å². The van der Waals surface area contributed by atoms with E-state index in [-0.39, 0.29) is 5.54 Å². The fourth-order valence-electron chi connectivity index (χ4n) is 3.28. The molecule has 0 saturated heterocycles. The number of nitrogens with zero attached hydrogens (tertiary/aromatic N) is 2. The van der Waals surface area contributed by atoms with E-state index >= 15 is 0 Å². The summed E-state index contributed by atoms with van der Waals surface area (Å²) < 4.78 is 1.96. The summed E-state index contributed by atoms with van der Waals surface area (Å²) in [6.07, 6.45) is 6.26. The molecule has 2 aromatic rings. The molecule has 1 aliphatic rings. The first-order chi connectivity index (χ1) is 9.74. The number of para-hydroxylation sites is 1. The summed E-state index contributed by atoms with van der Waals surface area (Å²) in [5.74, 6) is 0.692. The van der Waals surface area contributed by atoms with Crippen LogP contribution in [0.15, 0.2) is 24.3 Å². The van der Waals surface area contributed by atoms with Crippen molar-refractivity contribution >= 4 is 22.5 Å². The van der Waals surface area contributed by atoms with Crippen molar-refractivity contribution in [1.29, 1.82) is 0 Å². The average molecular weight is 292 g/mol. The van der Waals surface area contributed by atoms with E-state index in [1.807, 2.05) is 11.7 Å². The van der Waals surface area contributed by atoms with Gasteiger partial charge in [0, 0.05) is 30.4 Å². The highest BCUT2D eigenvalue weighted by Crippen LogP contribution is 2.30. The Morgan fingerprint density at radius 3 is 2.75 bits per heavy atom. The Labute approximate surface area is 125 Å². The Hall–Kier alpha value is -1.06. The third-order valence-corrected chi connectivity index (χ3v) is 5.04. The largest absolute Gasteiger partial charge is 0.304 e. The lowest BCUT2D eigenvalue weighted by Gasteiger charge is -2.36. The summed E-state index contributed by atoms with van der Waals surface area (Å²) >= 11 is 6.24. The number of benzene rings is 1. The molecule has 0 radical (unpaired) electrons. The van der Waals surface area contributed by atoms with Crippen LogP contribution in [-0.2, 0) is 13.6 Å². The molecule has 1 saturated carbocycles. The standard InChI is InChI=1S/C16H22ClN3/c1-20-15-8-4-3-7-13(15)14(19-20)11-18-16(12-17)9-5-2-6-10-16/h3-4,7-8,18H,2,5-6,9-12H2,1H3. The number of alkyl halides is 1. The average Bonchev–Trinajstić information content (AvgIpc) is 2.83. The molecule has 0 amide bonds. The zero-order chi connectivity index (χ0) is 14.0. The predicted molar refractivity (Wildman–Crippen MR) is 84.1 cm³/mol. The van der Waals surface area contributed by atoms with Gasteiger partial charge in [0.05, 0.1) is 11.2 Å². The molecule has 3 rings (SSSR count). The molecule has 0 atom stereocenters.